The Morgan fingerprint density at radius 1 is 1.00 bits per heavy atom. The second-order valence-electron chi connectivity index (χ2n) is 6.68. The highest BCUT2D eigenvalue weighted by Gasteiger charge is 2.31. The first-order valence-electron chi connectivity index (χ1n) is 6.54. The Kier molecular flexibility index (Phi) is 6.19. The number of nitrogens with zero attached hydrogens (tertiary/aromatic N) is 1. The van der Waals surface area contributed by atoms with E-state index in [1.54, 1.807) is 48.5 Å². The highest BCUT2D eigenvalue weighted by atomic mass is 16.6. The van der Waals surface area contributed by atoms with E-state index in [9.17, 15) is 14.4 Å². The van der Waals surface area contributed by atoms with E-state index in [1.807, 2.05) is 0 Å². The first kappa shape index (κ1) is 18.4. The van der Waals surface area contributed by atoms with Gasteiger partial charge >= 0.3 is 12.2 Å². The van der Waals surface area contributed by atoms with Crippen LogP contribution in [0.25, 0.3) is 0 Å². The van der Waals surface area contributed by atoms with Crippen molar-refractivity contribution in [3.8, 4) is 0 Å². The maximum atomic E-state index is 12.0. The zero-order valence-electron chi connectivity index (χ0n) is 13.4. The topological polar surface area (TPSA) is 72.9 Å². The van der Waals surface area contributed by atoms with Crippen LogP contribution in [0, 0.1) is 5.92 Å². The SMILES string of the molecule is CC(C=O)CN(C(=O)OC(C)(C)C)C(=O)OC(C)(C)C. The summed E-state index contributed by atoms with van der Waals surface area (Å²) in [5, 5.41) is 0. The standard InChI is InChI=1S/C14H25NO5/c1-10(9-16)8-15(11(17)19-13(2,3)4)12(18)20-14(5,6)7/h9-10H,8H2,1-7H3. The molecule has 2 amide bonds. The minimum atomic E-state index is -0.819. The van der Waals surface area contributed by atoms with E-state index < -0.39 is 29.3 Å². The van der Waals surface area contributed by atoms with Gasteiger partial charge in [0, 0.05) is 12.5 Å². The first-order chi connectivity index (χ1) is 8.85. The Labute approximate surface area is 120 Å². The van der Waals surface area contributed by atoms with Gasteiger partial charge in [0.2, 0.25) is 0 Å². The van der Waals surface area contributed by atoms with Gasteiger partial charge in [-0.25, -0.2) is 14.5 Å². The van der Waals surface area contributed by atoms with Crippen molar-refractivity contribution in [2.45, 2.75) is 59.7 Å². The highest BCUT2D eigenvalue weighted by Crippen LogP contribution is 2.15. The quantitative estimate of drug-likeness (QED) is 0.746. The molecule has 6 heteroatoms. The Balaban J connectivity index is 5.02. The van der Waals surface area contributed by atoms with Crippen LogP contribution in [-0.2, 0) is 14.3 Å². The molecule has 0 aliphatic heterocycles. The lowest BCUT2D eigenvalue weighted by Crippen LogP contribution is -2.45. The third-order valence-electron chi connectivity index (χ3n) is 1.93. The minimum absolute atomic E-state index is 0.0761. The number of ether oxygens (including phenoxy) is 2. The van der Waals surface area contributed by atoms with E-state index in [4.69, 9.17) is 9.47 Å². The predicted molar refractivity (Wildman–Crippen MR) is 74.4 cm³/mol. The zero-order valence-corrected chi connectivity index (χ0v) is 13.4. The molecule has 0 fully saturated rings. The molecule has 0 aliphatic carbocycles. The van der Waals surface area contributed by atoms with Crippen molar-refractivity contribution >= 4 is 18.5 Å². The van der Waals surface area contributed by atoms with E-state index in [2.05, 4.69) is 0 Å². The fraction of sp³-hybridized carbons (Fsp3) is 0.786. The second kappa shape index (κ2) is 6.72. The summed E-state index contributed by atoms with van der Waals surface area (Å²) >= 11 is 0. The van der Waals surface area contributed by atoms with E-state index in [0.29, 0.717) is 6.29 Å². The largest absolute Gasteiger partial charge is 0.443 e. The molecule has 0 aromatic heterocycles. The van der Waals surface area contributed by atoms with Crippen molar-refractivity contribution in [1.82, 2.24) is 4.90 Å². The van der Waals surface area contributed by atoms with Crippen LogP contribution in [-0.4, -0.2) is 41.1 Å². The molecule has 1 atom stereocenters. The summed E-state index contributed by atoms with van der Waals surface area (Å²) in [6, 6.07) is 0. The zero-order chi connectivity index (χ0) is 16.1. The van der Waals surface area contributed by atoms with Gasteiger partial charge in [-0.1, -0.05) is 6.92 Å². The lowest BCUT2D eigenvalue weighted by atomic mass is 10.2. The number of carbonyl (C=O) groups excluding carboxylic acids is 3. The first-order valence-corrected chi connectivity index (χ1v) is 6.54. The second-order valence-corrected chi connectivity index (χ2v) is 6.68. The Morgan fingerprint density at radius 3 is 1.60 bits per heavy atom. The Bertz CT molecular complexity index is 337. The van der Waals surface area contributed by atoms with Gasteiger partial charge in [-0.2, -0.15) is 0 Å². The Morgan fingerprint density at radius 2 is 1.35 bits per heavy atom. The molecule has 0 heterocycles. The van der Waals surface area contributed by atoms with Gasteiger partial charge in [0.05, 0.1) is 0 Å². The van der Waals surface area contributed by atoms with Gasteiger partial charge < -0.3 is 14.3 Å². The van der Waals surface area contributed by atoms with Crippen LogP contribution >= 0.6 is 0 Å². The molecular weight excluding hydrogens is 262 g/mol. The van der Waals surface area contributed by atoms with E-state index >= 15 is 0 Å². The average Bonchev–Trinajstić information content (AvgIpc) is 2.19. The highest BCUT2D eigenvalue weighted by molar-refractivity contribution is 5.88. The average molecular weight is 287 g/mol. The molecule has 20 heavy (non-hydrogen) atoms. The van der Waals surface area contributed by atoms with Crippen molar-refractivity contribution in [3.05, 3.63) is 0 Å². The van der Waals surface area contributed by atoms with Crippen molar-refractivity contribution < 1.29 is 23.9 Å². The van der Waals surface area contributed by atoms with Crippen LogP contribution in [0.15, 0.2) is 0 Å². The van der Waals surface area contributed by atoms with Gasteiger partial charge in [-0.3, -0.25) is 0 Å². The summed E-state index contributed by atoms with van der Waals surface area (Å²) in [5.74, 6) is -0.491. The molecule has 6 nitrogen and oxygen atoms in total. The van der Waals surface area contributed by atoms with Gasteiger partial charge in [0.25, 0.3) is 0 Å². The molecule has 0 aliphatic rings. The van der Waals surface area contributed by atoms with Crippen LogP contribution < -0.4 is 0 Å². The summed E-state index contributed by atoms with van der Waals surface area (Å²) in [4.78, 5) is 35.6. The summed E-state index contributed by atoms with van der Waals surface area (Å²) in [7, 11) is 0. The van der Waals surface area contributed by atoms with Crippen molar-refractivity contribution in [3.63, 3.8) is 0 Å². The lowest BCUT2D eigenvalue weighted by Gasteiger charge is -2.29. The monoisotopic (exact) mass is 287 g/mol. The molecule has 0 spiro atoms. The molecule has 0 N–H and O–H groups in total. The number of hydrogen-bond donors (Lipinski definition) is 0. The fourth-order valence-electron chi connectivity index (χ4n) is 1.19. The fourth-order valence-corrected chi connectivity index (χ4v) is 1.19. The van der Waals surface area contributed by atoms with Crippen molar-refractivity contribution in [2.24, 2.45) is 5.92 Å². The van der Waals surface area contributed by atoms with Crippen LogP contribution in [0.3, 0.4) is 0 Å². The smallest absolute Gasteiger partial charge is 0.419 e. The number of amides is 2. The molecule has 0 aromatic rings. The molecule has 0 radical (unpaired) electrons. The molecule has 0 saturated heterocycles. The van der Waals surface area contributed by atoms with Crippen molar-refractivity contribution in [2.75, 3.05) is 6.54 Å². The van der Waals surface area contributed by atoms with Gasteiger partial charge in [0.1, 0.15) is 17.5 Å². The normalized spacial score (nSPS) is 13.3. The number of rotatable bonds is 3. The summed E-state index contributed by atoms with van der Waals surface area (Å²) < 4.78 is 10.3. The maximum absolute atomic E-state index is 12.0. The minimum Gasteiger partial charge on any atom is -0.443 e. The lowest BCUT2D eigenvalue weighted by molar-refractivity contribution is -0.111. The summed E-state index contributed by atoms with van der Waals surface area (Å²) in [6.45, 7) is 11.7. The number of carbonyl (C=O) groups is 3. The van der Waals surface area contributed by atoms with Crippen LogP contribution in [0.1, 0.15) is 48.5 Å². The van der Waals surface area contributed by atoms with Gasteiger partial charge in [-0.05, 0) is 41.5 Å². The van der Waals surface area contributed by atoms with Crippen LogP contribution in [0.2, 0.25) is 0 Å². The van der Waals surface area contributed by atoms with Crippen LogP contribution in [0.4, 0.5) is 9.59 Å². The number of imide groups is 1. The summed E-state index contributed by atoms with van der Waals surface area (Å²) in [5.41, 5.74) is -1.47. The molecule has 1 unspecified atom stereocenters. The third kappa shape index (κ3) is 7.76. The third-order valence-corrected chi connectivity index (χ3v) is 1.93. The molecule has 0 rings (SSSR count). The molecule has 0 bridgehead atoms. The molecule has 116 valence electrons. The van der Waals surface area contributed by atoms with Crippen LogP contribution in [0.5, 0.6) is 0 Å². The molecular formula is C14H25NO5. The van der Waals surface area contributed by atoms with Crippen molar-refractivity contribution in [1.29, 1.82) is 0 Å². The summed E-state index contributed by atoms with van der Waals surface area (Å²) in [6.07, 6.45) is -0.970. The van der Waals surface area contributed by atoms with E-state index in [1.165, 1.54) is 0 Å². The molecule has 0 saturated carbocycles. The van der Waals surface area contributed by atoms with Gasteiger partial charge in [0.15, 0.2) is 0 Å². The predicted octanol–water partition coefficient (Wildman–Crippen LogP) is 2.99. The number of aldehydes is 1. The van der Waals surface area contributed by atoms with Gasteiger partial charge in [-0.15, -0.1) is 0 Å². The molecule has 0 aromatic carbocycles. The number of hydrogen-bond acceptors (Lipinski definition) is 5. The van der Waals surface area contributed by atoms with E-state index in [0.717, 1.165) is 4.90 Å². The maximum Gasteiger partial charge on any atom is 0.419 e. The van der Waals surface area contributed by atoms with E-state index in [-0.39, 0.29) is 6.54 Å². The Hall–Kier alpha value is -1.59.